The molecule has 4 heterocycles. The van der Waals surface area contributed by atoms with Crippen molar-refractivity contribution in [2.24, 2.45) is 11.8 Å². The van der Waals surface area contributed by atoms with E-state index in [1.807, 2.05) is 64.1 Å². The molecule has 4 amide bonds. The molecular weight excluding hydrogens is 757 g/mol. The third-order valence-electron chi connectivity index (χ3n) is 11.4. The van der Waals surface area contributed by atoms with Crippen LogP contribution in [0.15, 0.2) is 54.6 Å². The van der Waals surface area contributed by atoms with Crippen LogP contribution in [-0.2, 0) is 19.1 Å². The van der Waals surface area contributed by atoms with E-state index in [0.717, 1.165) is 49.9 Å². The van der Waals surface area contributed by atoms with Crippen molar-refractivity contribution in [2.45, 2.75) is 83.8 Å². The maximum atomic E-state index is 13.7. The second kappa shape index (κ2) is 16.7. The monoisotopic (exact) mass is 808 g/mol. The van der Waals surface area contributed by atoms with Crippen LogP contribution in [0, 0.1) is 18.8 Å². The normalized spacial score (nSPS) is 20.4. The molecule has 6 N–H and O–H groups in total. The standard InChI is InChI=1S/C43H52N8O8/c1-21(2)36(48-42(56)58-6)40(54)50-19-27(52)17-34(50)38-44-30-12-9-25(15-32(30)46-38)24-8-11-29(23(5)14-24)26-10-13-31-33(16-26)47-39(45-31)35-18-28(53)20-51(35)41(55)37(22(3)4)49-43(57)59-7/h8-16,21-22,27-28,34-37,52-53H,17-20H2,1-7H3,(H,44,46)(H,45,47)(H,48,56)(H,49,57)/t27-,28-,34-,35-,36-,37-/m0/s1. The summed E-state index contributed by atoms with van der Waals surface area (Å²) in [6, 6.07) is 15.5. The number of fused-ring (bicyclic) bond motifs is 2. The second-order valence-electron chi connectivity index (χ2n) is 16.2. The predicted molar refractivity (Wildman–Crippen MR) is 220 cm³/mol. The lowest BCUT2D eigenvalue weighted by molar-refractivity contribution is -0.136. The number of aromatic nitrogens is 4. The molecule has 0 bridgehead atoms. The summed E-state index contributed by atoms with van der Waals surface area (Å²) in [5.41, 5.74) is 8.06. The fourth-order valence-corrected chi connectivity index (χ4v) is 8.28. The Kier molecular flexibility index (Phi) is 11.7. The molecule has 2 aliphatic heterocycles. The van der Waals surface area contributed by atoms with Crippen LogP contribution >= 0.6 is 0 Å². The molecule has 0 saturated carbocycles. The van der Waals surface area contributed by atoms with Gasteiger partial charge in [-0.05, 0) is 70.8 Å². The van der Waals surface area contributed by atoms with Crippen molar-refractivity contribution >= 4 is 46.1 Å². The summed E-state index contributed by atoms with van der Waals surface area (Å²) >= 11 is 0. The summed E-state index contributed by atoms with van der Waals surface area (Å²) in [4.78, 5) is 71.0. The van der Waals surface area contributed by atoms with Gasteiger partial charge in [0.1, 0.15) is 23.7 Å². The summed E-state index contributed by atoms with van der Waals surface area (Å²) in [6.45, 7) is 9.66. The first-order chi connectivity index (χ1) is 28.1. The molecule has 3 aromatic carbocycles. The van der Waals surface area contributed by atoms with E-state index in [-0.39, 0.29) is 36.7 Å². The van der Waals surface area contributed by atoms with E-state index in [9.17, 15) is 29.4 Å². The SMILES string of the molecule is COC(=O)N[C@H](C(=O)N1C[C@@H](O)C[C@H]1c1nc2ccc(-c3ccc(-c4ccc5nc([C@@H]6C[C@H](O)CN6C(=O)[C@@H](NC(=O)OC)C(C)C)[nH]c5c4)c(C)c3)cc2[nH]1)C(C)C. The first-order valence-electron chi connectivity index (χ1n) is 19.9. The van der Waals surface area contributed by atoms with Crippen LogP contribution in [0.4, 0.5) is 9.59 Å². The highest BCUT2D eigenvalue weighted by molar-refractivity contribution is 5.89. The highest BCUT2D eigenvalue weighted by Crippen LogP contribution is 2.37. The van der Waals surface area contributed by atoms with E-state index in [2.05, 4.69) is 45.7 Å². The van der Waals surface area contributed by atoms with Crippen molar-refractivity contribution in [3.05, 3.63) is 71.8 Å². The molecular formula is C43H52N8O8. The van der Waals surface area contributed by atoms with Gasteiger partial charge in [-0.1, -0.05) is 58.0 Å². The number of alkyl carbamates (subject to hydrolysis) is 2. The quantitative estimate of drug-likeness (QED) is 0.110. The Morgan fingerprint density at radius 3 is 1.54 bits per heavy atom. The third-order valence-corrected chi connectivity index (χ3v) is 11.4. The zero-order chi connectivity index (χ0) is 42.3. The van der Waals surface area contributed by atoms with Gasteiger partial charge < -0.3 is 50.1 Å². The maximum absolute atomic E-state index is 13.7. The Morgan fingerprint density at radius 2 is 1.10 bits per heavy atom. The van der Waals surface area contributed by atoms with E-state index in [4.69, 9.17) is 19.4 Å². The highest BCUT2D eigenvalue weighted by Gasteiger charge is 2.42. The van der Waals surface area contributed by atoms with Crippen LogP contribution in [0.25, 0.3) is 44.3 Å². The van der Waals surface area contributed by atoms with Gasteiger partial charge in [0.05, 0.1) is 60.6 Å². The number of hydrogen-bond acceptors (Lipinski definition) is 10. The van der Waals surface area contributed by atoms with Crippen LogP contribution in [0.1, 0.15) is 69.8 Å². The first kappa shape index (κ1) is 41.2. The van der Waals surface area contributed by atoms with Crippen LogP contribution in [-0.4, -0.2) is 116 Å². The van der Waals surface area contributed by atoms with Crippen molar-refractivity contribution in [1.82, 2.24) is 40.4 Å². The van der Waals surface area contributed by atoms with Gasteiger partial charge in [-0.2, -0.15) is 0 Å². The maximum Gasteiger partial charge on any atom is 0.407 e. The Labute approximate surface area is 341 Å². The number of H-pyrrole nitrogens is 2. The summed E-state index contributed by atoms with van der Waals surface area (Å²) < 4.78 is 9.49. The number of aliphatic hydroxyl groups is 2. The number of ether oxygens (including phenoxy) is 2. The number of benzene rings is 3. The van der Waals surface area contributed by atoms with Gasteiger partial charge in [0.2, 0.25) is 11.8 Å². The zero-order valence-electron chi connectivity index (χ0n) is 34.3. The van der Waals surface area contributed by atoms with Crippen molar-refractivity contribution in [2.75, 3.05) is 27.3 Å². The van der Waals surface area contributed by atoms with Crippen LogP contribution in [0.5, 0.6) is 0 Å². The van der Waals surface area contributed by atoms with Gasteiger partial charge in [-0.25, -0.2) is 19.6 Å². The van der Waals surface area contributed by atoms with Crippen molar-refractivity contribution in [3.8, 4) is 22.3 Å². The Balaban J connectivity index is 1.10. The minimum absolute atomic E-state index is 0.124. The number of carbonyl (C=O) groups excluding carboxylic acids is 4. The molecule has 59 heavy (non-hydrogen) atoms. The van der Waals surface area contributed by atoms with Crippen molar-refractivity contribution in [1.29, 1.82) is 0 Å². The number of carbonyl (C=O) groups is 4. The number of β-amino-alcohol motifs (C(OH)–C–C–N with tert-alkyl or cyclic N) is 2. The molecule has 0 unspecified atom stereocenters. The predicted octanol–water partition coefficient (Wildman–Crippen LogP) is 5.11. The Bertz CT molecular complexity index is 2390. The average molecular weight is 809 g/mol. The van der Waals surface area contributed by atoms with E-state index in [1.54, 1.807) is 9.80 Å². The second-order valence-corrected chi connectivity index (χ2v) is 16.2. The number of nitrogens with zero attached hydrogens (tertiary/aromatic N) is 4. The van der Waals surface area contributed by atoms with E-state index >= 15 is 0 Å². The van der Waals surface area contributed by atoms with Crippen LogP contribution in [0.3, 0.4) is 0 Å². The minimum Gasteiger partial charge on any atom is -0.453 e. The first-order valence-corrected chi connectivity index (χ1v) is 19.9. The molecule has 16 nitrogen and oxygen atoms in total. The van der Waals surface area contributed by atoms with Gasteiger partial charge in [-0.3, -0.25) is 9.59 Å². The number of rotatable bonds is 10. The van der Waals surface area contributed by atoms with Gasteiger partial charge in [0.15, 0.2) is 0 Å². The van der Waals surface area contributed by atoms with Crippen LogP contribution < -0.4 is 10.6 Å². The highest BCUT2D eigenvalue weighted by atomic mass is 16.5. The lowest BCUT2D eigenvalue weighted by atomic mass is 9.95. The zero-order valence-corrected chi connectivity index (χ0v) is 34.3. The van der Waals surface area contributed by atoms with Crippen LogP contribution in [0.2, 0.25) is 0 Å². The summed E-state index contributed by atoms with van der Waals surface area (Å²) in [5.74, 6) is 0.0821. The number of methoxy groups -OCH3 is 2. The van der Waals surface area contributed by atoms with E-state index in [1.165, 1.54) is 14.2 Å². The summed E-state index contributed by atoms with van der Waals surface area (Å²) in [5, 5.41) is 26.5. The number of aliphatic hydroxyl groups excluding tert-OH is 2. The molecule has 6 atom stereocenters. The number of aryl methyl sites for hydroxylation is 1. The number of amides is 4. The minimum atomic E-state index is -0.826. The lowest BCUT2D eigenvalue weighted by Crippen LogP contribution is -2.51. The largest absolute Gasteiger partial charge is 0.453 e. The molecule has 0 aliphatic carbocycles. The van der Waals surface area contributed by atoms with E-state index < -0.39 is 48.6 Å². The number of hydrogen-bond donors (Lipinski definition) is 6. The smallest absolute Gasteiger partial charge is 0.407 e. The molecule has 16 heteroatoms. The fraction of sp³-hybridized carbons (Fsp3) is 0.442. The lowest BCUT2D eigenvalue weighted by Gasteiger charge is -2.29. The third kappa shape index (κ3) is 8.32. The Hall–Kier alpha value is -6.00. The molecule has 0 spiro atoms. The van der Waals surface area contributed by atoms with Gasteiger partial charge >= 0.3 is 12.2 Å². The molecule has 2 aromatic heterocycles. The molecule has 2 saturated heterocycles. The molecule has 312 valence electrons. The molecule has 2 fully saturated rings. The number of likely N-dealkylation sites (tertiary alicyclic amines) is 2. The number of imidazole rings is 2. The number of aromatic amines is 2. The Morgan fingerprint density at radius 1 is 0.678 bits per heavy atom. The van der Waals surface area contributed by atoms with Crippen molar-refractivity contribution < 1.29 is 38.9 Å². The fourth-order valence-electron chi connectivity index (χ4n) is 8.28. The summed E-state index contributed by atoms with van der Waals surface area (Å²) in [7, 11) is 2.50. The number of nitrogens with one attached hydrogen (secondary N) is 4. The average Bonchev–Trinajstić information content (AvgIpc) is 4.01. The van der Waals surface area contributed by atoms with E-state index in [0.29, 0.717) is 24.5 Å². The summed E-state index contributed by atoms with van der Waals surface area (Å²) in [6.07, 6.45) is -2.25. The molecule has 0 radical (unpaired) electrons. The van der Waals surface area contributed by atoms with Crippen molar-refractivity contribution in [3.63, 3.8) is 0 Å². The molecule has 7 rings (SSSR count). The molecule has 5 aromatic rings. The molecule has 2 aliphatic rings. The van der Waals surface area contributed by atoms with Gasteiger partial charge in [-0.15, -0.1) is 0 Å². The van der Waals surface area contributed by atoms with Gasteiger partial charge in [0.25, 0.3) is 0 Å². The topological polar surface area (TPSA) is 215 Å². The van der Waals surface area contributed by atoms with Gasteiger partial charge in [0, 0.05) is 25.9 Å².